The van der Waals surface area contributed by atoms with Crippen molar-refractivity contribution in [3.8, 4) is 5.75 Å². The third kappa shape index (κ3) is 3.56. The number of benzene rings is 3. The lowest BCUT2D eigenvalue weighted by Gasteiger charge is -2.55. The molecular formula is C34H26ClNO6. The second-order valence-corrected chi connectivity index (χ2v) is 11.9. The molecule has 0 aromatic heterocycles. The summed E-state index contributed by atoms with van der Waals surface area (Å²) < 4.78 is 0. The van der Waals surface area contributed by atoms with Crippen LogP contribution in [0.2, 0.25) is 5.02 Å². The zero-order chi connectivity index (χ0) is 29.3. The minimum Gasteiger partial charge on any atom is -0.508 e. The van der Waals surface area contributed by atoms with Crippen molar-refractivity contribution in [2.24, 2.45) is 23.7 Å². The number of hydroxylamine groups is 2. The summed E-state index contributed by atoms with van der Waals surface area (Å²) in [5.41, 5.74) is 1.42. The number of phenolic OH excluding ortho intramolecular Hbond substituents is 1. The first-order chi connectivity index (χ1) is 20.2. The van der Waals surface area contributed by atoms with Crippen LogP contribution < -0.4 is 0 Å². The van der Waals surface area contributed by atoms with Crippen molar-refractivity contribution in [3.05, 3.63) is 118 Å². The van der Waals surface area contributed by atoms with E-state index in [4.69, 9.17) is 11.6 Å². The monoisotopic (exact) mass is 579 g/mol. The fraction of sp³-hybridized carbons (Fsp3) is 0.235. The third-order valence-corrected chi connectivity index (χ3v) is 9.97. The van der Waals surface area contributed by atoms with Crippen LogP contribution in [0.4, 0.5) is 0 Å². The Kier molecular flexibility index (Phi) is 6.08. The second-order valence-electron chi connectivity index (χ2n) is 11.5. The van der Waals surface area contributed by atoms with E-state index < -0.39 is 46.8 Å². The van der Waals surface area contributed by atoms with E-state index in [1.54, 1.807) is 30.3 Å². The highest BCUT2D eigenvalue weighted by molar-refractivity contribution is 6.33. The molecule has 3 aromatic rings. The maximum atomic E-state index is 14.8. The van der Waals surface area contributed by atoms with Gasteiger partial charge in [0.25, 0.3) is 11.8 Å². The van der Waals surface area contributed by atoms with Gasteiger partial charge in [0.2, 0.25) is 0 Å². The third-order valence-electron chi connectivity index (χ3n) is 9.65. The smallest absolute Gasteiger partial charge is 0.257 e. The molecule has 8 heteroatoms. The topological polar surface area (TPSA) is 112 Å². The van der Waals surface area contributed by atoms with Crippen LogP contribution in [0.3, 0.4) is 0 Å². The number of nitrogens with zero attached hydrogens (tertiary/aromatic N) is 1. The van der Waals surface area contributed by atoms with Gasteiger partial charge in [0.05, 0.1) is 17.3 Å². The van der Waals surface area contributed by atoms with Gasteiger partial charge in [-0.2, -0.15) is 5.06 Å². The van der Waals surface area contributed by atoms with Crippen LogP contribution in [0.1, 0.15) is 35.4 Å². The maximum Gasteiger partial charge on any atom is 0.257 e. The minimum atomic E-state index is -1.41. The Bertz CT molecular complexity index is 1730. The molecule has 0 bridgehead atoms. The van der Waals surface area contributed by atoms with Crippen molar-refractivity contribution in [2.45, 2.75) is 24.2 Å². The van der Waals surface area contributed by atoms with Crippen molar-refractivity contribution in [1.29, 1.82) is 0 Å². The molecule has 7 nitrogen and oxygen atoms in total. The molecule has 1 aliphatic heterocycles. The summed E-state index contributed by atoms with van der Waals surface area (Å²) in [6.07, 6.45) is 3.66. The van der Waals surface area contributed by atoms with Crippen LogP contribution in [0.15, 0.2) is 96.6 Å². The Morgan fingerprint density at radius 2 is 1.55 bits per heavy atom. The van der Waals surface area contributed by atoms with Gasteiger partial charge in [0.1, 0.15) is 5.75 Å². The zero-order valence-electron chi connectivity index (χ0n) is 22.3. The summed E-state index contributed by atoms with van der Waals surface area (Å²) in [7, 11) is 0. The van der Waals surface area contributed by atoms with Gasteiger partial charge in [-0.3, -0.25) is 24.4 Å². The molecule has 1 heterocycles. The number of carbonyl (C=O) groups excluding carboxylic acids is 4. The van der Waals surface area contributed by atoms with E-state index in [2.05, 4.69) is 0 Å². The lowest BCUT2D eigenvalue weighted by molar-refractivity contribution is -0.173. The number of rotatable bonds is 3. The van der Waals surface area contributed by atoms with E-state index in [1.165, 1.54) is 18.2 Å². The summed E-state index contributed by atoms with van der Waals surface area (Å²) in [4.78, 5) is 55.6. The van der Waals surface area contributed by atoms with E-state index in [0.29, 0.717) is 22.3 Å². The number of hydrogen-bond acceptors (Lipinski definition) is 6. The molecular weight excluding hydrogens is 554 g/mol. The summed E-state index contributed by atoms with van der Waals surface area (Å²) in [5, 5.41) is 21.0. The summed E-state index contributed by atoms with van der Waals surface area (Å²) in [6.45, 7) is 0. The maximum absolute atomic E-state index is 14.8. The largest absolute Gasteiger partial charge is 0.508 e. The Balaban J connectivity index is 1.54. The molecule has 2 N–H and O–H groups in total. The van der Waals surface area contributed by atoms with Crippen molar-refractivity contribution in [1.82, 2.24) is 5.06 Å². The summed E-state index contributed by atoms with van der Waals surface area (Å²) in [6, 6.07) is 22.7. The molecule has 7 rings (SSSR count). The van der Waals surface area contributed by atoms with Crippen LogP contribution in [-0.2, 0) is 24.6 Å². The number of ketones is 2. The summed E-state index contributed by atoms with van der Waals surface area (Å²) in [5.74, 6) is -5.80. The number of carbonyl (C=O) groups is 4. The number of halogens is 1. The number of phenols is 1. The van der Waals surface area contributed by atoms with Gasteiger partial charge in [-0.05, 0) is 53.7 Å². The molecule has 42 heavy (non-hydrogen) atoms. The van der Waals surface area contributed by atoms with Crippen LogP contribution >= 0.6 is 11.6 Å². The number of amides is 2. The predicted octanol–water partition coefficient (Wildman–Crippen LogP) is 5.26. The number of imide groups is 1. The number of fused-ring (bicyclic) bond motifs is 4. The molecule has 0 spiro atoms. The molecule has 4 aliphatic rings. The second kappa shape index (κ2) is 9.61. The van der Waals surface area contributed by atoms with Gasteiger partial charge in [-0.15, -0.1) is 0 Å². The number of Topliss-reactive ketones (excluding diaryl/α,β-unsaturated/α-hetero) is 1. The molecule has 2 fully saturated rings. The van der Waals surface area contributed by atoms with Gasteiger partial charge in [-0.25, -0.2) is 0 Å². The minimum absolute atomic E-state index is 0.0519. The normalized spacial score (nSPS) is 30.3. The highest BCUT2D eigenvalue weighted by atomic mass is 35.5. The lowest BCUT2D eigenvalue weighted by Crippen LogP contribution is -2.58. The Morgan fingerprint density at radius 3 is 2.24 bits per heavy atom. The van der Waals surface area contributed by atoms with Gasteiger partial charge >= 0.3 is 0 Å². The molecule has 6 atom stereocenters. The number of allylic oxidation sites excluding steroid dienone is 4. The zero-order valence-corrected chi connectivity index (χ0v) is 23.1. The SMILES string of the molecule is O=C1C(c2ccccc2)=CC(=O)C2(c3ccccc3)C1CC1C(=CCC3C(=O)N(O)C(=O)C31)C2c1ccc(O)cc1Cl. The molecule has 1 saturated carbocycles. The van der Waals surface area contributed by atoms with Crippen LogP contribution in [0.25, 0.3) is 5.57 Å². The van der Waals surface area contributed by atoms with Gasteiger partial charge < -0.3 is 5.11 Å². The van der Waals surface area contributed by atoms with Crippen molar-refractivity contribution >= 4 is 40.6 Å². The Hall–Kier alpha value is -4.33. The molecule has 3 aliphatic carbocycles. The standard InChI is InChI=1S/C34H26ClNO6/c35-27-15-20(37)11-12-22(27)30-21-13-14-23-29(33(41)36(42)32(23)40)25(21)16-26-31(39)24(18-7-3-1-4-8-18)17-28(38)34(26,30)19-9-5-2-6-10-19/h1-13,15,17,23,25-26,29-30,37,42H,14,16H2. The van der Waals surface area contributed by atoms with Crippen molar-refractivity contribution in [3.63, 3.8) is 0 Å². The first-order valence-corrected chi connectivity index (χ1v) is 14.3. The van der Waals surface area contributed by atoms with E-state index in [-0.39, 0.29) is 40.2 Å². The number of aromatic hydroxyl groups is 1. The van der Waals surface area contributed by atoms with E-state index in [0.717, 1.165) is 5.57 Å². The average Bonchev–Trinajstić information content (AvgIpc) is 3.22. The summed E-state index contributed by atoms with van der Waals surface area (Å²) >= 11 is 6.80. The van der Waals surface area contributed by atoms with Gasteiger partial charge in [-0.1, -0.05) is 90.0 Å². The fourth-order valence-corrected chi connectivity index (χ4v) is 8.24. The number of hydrogen-bond donors (Lipinski definition) is 2. The van der Waals surface area contributed by atoms with Gasteiger partial charge in [0, 0.05) is 22.4 Å². The molecule has 1 saturated heterocycles. The Morgan fingerprint density at radius 1 is 0.857 bits per heavy atom. The molecule has 3 aromatic carbocycles. The van der Waals surface area contributed by atoms with E-state index >= 15 is 0 Å². The highest BCUT2D eigenvalue weighted by Gasteiger charge is 2.66. The van der Waals surface area contributed by atoms with Gasteiger partial charge in [0.15, 0.2) is 11.6 Å². The molecule has 210 valence electrons. The predicted molar refractivity (Wildman–Crippen MR) is 153 cm³/mol. The first kappa shape index (κ1) is 26.6. The van der Waals surface area contributed by atoms with Crippen molar-refractivity contribution in [2.75, 3.05) is 0 Å². The molecule has 0 radical (unpaired) electrons. The first-order valence-electron chi connectivity index (χ1n) is 13.9. The van der Waals surface area contributed by atoms with Crippen LogP contribution in [-0.4, -0.2) is 38.8 Å². The Labute approximate surface area is 246 Å². The van der Waals surface area contributed by atoms with Crippen LogP contribution in [0.5, 0.6) is 5.75 Å². The molecule has 6 unspecified atom stereocenters. The fourth-order valence-electron chi connectivity index (χ4n) is 7.95. The van der Waals surface area contributed by atoms with E-state index in [9.17, 15) is 29.5 Å². The highest BCUT2D eigenvalue weighted by Crippen LogP contribution is 2.64. The van der Waals surface area contributed by atoms with E-state index in [1.807, 2.05) is 42.5 Å². The molecule has 2 amide bonds. The average molecular weight is 580 g/mol. The van der Waals surface area contributed by atoms with Crippen molar-refractivity contribution < 1.29 is 29.5 Å². The van der Waals surface area contributed by atoms with Crippen LogP contribution in [0, 0.1) is 23.7 Å². The quantitative estimate of drug-likeness (QED) is 0.249. The lowest BCUT2D eigenvalue weighted by atomic mass is 9.44.